The van der Waals surface area contributed by atoms with Crippen LogP contribution in [0.2, 0.25) is 5.02 Å². The summed E-state index contributed by atoms with van der Waals surface area (Å²) in [7, 11) is 0. The number of aliphatic hydroxyl groups is 1. The number of esters is 1. The minimum Gasteiger partial charge on any atom is -0.460 e. The molecule has 5 heteroatoms. The summed E-state index contributed by atoms with van der Waals surface area (Å²) in [6, 6.07) is 6.02. The zero-order chi connectivity index (χ0) is 12.1. The van der Waals surface area contributed by atoms with E-state index in [0.29, 0.717) is 10.6 Å². The van der Waals surface area contributed by atoms with Crippen LogP contribution in [0.1, 0.15) is 12.5 Å². The third kappa shape index (κ3) is 3.48. The minimum atomic E-state index is -1.03. The van der Waals surface area contributed by atoms with Crippen LogP contribution in [0.5, 0.6) is 0 Å². The van der Waals surface area contributed by atoms with Crippen LogP contribution >= 0.6 is 11.6 Å². The molecule has 0 unspecified atom stereocenters. The van der Waals surface area contributed by atoms with E-state index in [1.54, 1.807) is 24.3 Å². The molecule has 1 aromatic rings. The maximum Gasteiger partial charge on any atom is 0.325 e. The van der Waals surface area contributed by atoms with Gasteiger partial charge in [0.1, 0.15) is 12.6 Å². The van der Waals surface area contributed by atoms with Crippen molar-refractivity contribution in [2.45, 2.75) is 25.7 Å². The Morgan fingerprint density at radius 3 is 2.75 bits per heavy atom. The minimum absolute atomic E-state index is 0.0545. The highest BCUT2D eigenvalue weighted by Crippen LogP contribution is 2.15. The van der Waals surface area contributed by atoms with Gasteiger partial charge in [0.15, 0.2) is 0 Å². The van der Waals surface area contributed by atoms with Crippen LogP contribution in [0.15, 0.2) is 24.3 Å². The first-order chi connectivity index (χ1) is 7.52. The van der Waals surface area contributed by atoms with Gasteiger partial charge in [0.25, 0.3) is 0 Å². The second-order valence-corrected chi connectivity index (χ2v) is 3.87. The van der Waals surface area contributed by atoms with Gasteiger partial charge in [-0.1, -0.05) is 29.8 Å². The molecule has 0 amide bonds. The van der Waals surface area contributed by atoms with Gasteiger partial charge < -0.3 is 15.6 Å². The molecule has 0 aliphatic heterocycles. The fourth-order valence-electron chi connectivity index (χ4n) is 1.06. The Labute approximate surface area is 99.0 Å². The molecule has 88 valence electrons. The van der Waals surface area contributed by atoms with E-state index in [1.807, 2.05) is 0 Å². The van der Waals surface area contributed by atoms with E-state index in [4.69, 9.17) is 27.2 Å². The molecular formula is C11H14ClNO3. The van der Waals surface area contributed by atoms with E-state index >= 15 is 0 Å². The second-order valence-electron chi connectivity index (χ2n) is 3.47. The van der Waals surface area contributed by atoms with Gasteiger partial charge in [-0.05, 0) is 13.0 Å². The average molecular weight is 244 g/mol. The highest BCUT2D eigenvalue weighted by molar-refractivity contribution is 6.31. The first-order valence-electron chi connectivity index (χ1n) is 4.86. The van der Waals surface area contributed by atoms with Gasteiger partial charge >= 0.3 is 5.97 Å². The Kier molecular flexibility index (Phi) is 4.73. The quantitative estimate of drug-likeness (QED) is 0.777. The fraction of sp³-hybridized carbons (Fsp3) is 0.364. The molecule has 1 rings (SSSR count). The van der Waals surface area contributed by atoms with Gasteiger partial charge in [-0.2, -0.15) is 0 Å². The number of carbonyl (C=O) groups is 1. The van der Waals surface area contributed by atoms with Crippen LogP contribution in [0.3, 0.4) is 0 Å². The summed E-state index contributed by atoms with van der Waals surface area (Å²) in [6.07, 6.45) is -0.932. The molecule has 0 aliphatic rings. The number of nitrogens with two attached hydrogens (primary N) is 1. The summed E-state index contributed by atoms with van der Waals surface area (Å²) < 4.78 is 4.92. The van der Waals surface area contributed by atoms with Crippen molar-refractivity contribution >= 4 is 17.6 Å². The van der Waals surface area contributed by atoms with Gasteiger partial charge in [-0.25, -0.2) is 0 Å². The van der Waals surface area contributed by atoms with E-state index in [9.17, 15) is 4.79 Å². The first-order valence-corrected chi connectivity index (χ1v) is 5.24. The van der Waals surface area contributed by atoms with Crippen LogP contribution in [0.4, 0.5) is 0 Å². The molecule has 0 radical (unpaired) electrons. The average Bonchev–Trinajstić information content (AvgIpc) is 2.26. The van der Waals surface area contributed by atoms with E-state index in [1.165, 1.54) is 6.92 Å². The van der Waals surface area contributed by atoms with Crippen molar-refractivity contribution in [3.05, 3.63) is 34.9 Å². The molecule has 0 bridgehead atoms. The maximum absolute atomic E-state index is 11.3. The number of hydrogen-bond donors (Lipinski definition) is 2. The van der Waals surface area contributed by atoms with Crippen molar-refractivity contribution in [1.29, 1.82) is 0 Å². The smallest absolute Gasteiger partial charge is 0.325 e. The highest BCUT2D eigenvalue weighted by Gasteiger charge is 2.20. The van der Waals surface area contributed by atoms with Gasteiger partial charge in [-0.15, -0.1) is 0 Å². The van der Waals surface area contributed by atoms with Gasteiger partial charge in [-0.3, -0.25) is 4.79 Å². The molecular weight excluding hydrogens is 230 g/mol. The van der Waals surface area contributed by atoms with Gasteiger partial charge in [0, 0.05) is 10.6 Å². The standard InChI is InChI=1S/C11H14ClNO3/c1-7(14)10(13)11(15)16-6-8-4-2-3-5-9(8)12/h2-5,7,10,14H,6,13H2,1H3/t7-,10+/m1/s1. The summed E-state index contributed by atoms with van der Waals surface area (Å²) in [5.41, 5.74) is 6.11. The third-order valence-electron chi connectivity index (χ3n) is 2.12. The van der Waals surface area contributed by atoms with Gasteiger partial charge in [0.05, 0.1) is 6.10 Å². The lowest BCUT2D eigenvalue weighted by molar-refractivity contribution is -0.148. The second kappa shape index (κ2) is 5.84. The highest BCUT2D eigenvalue weighted by atomic mass is 35.5. The number of rotatable bonds is 4. The van der Waals surface area contributed by atoms with Crippen molar-refractivity contribution < 1.29 is 14.6 Å². The van der Waals surface area contributed by atoms with Crippen molar-refractivity contribution in [1.82, 2.24) is 0 Å². The van der Waals surface area contributed by atoms with E-state index < -0.39 is 18.1 Å². The Balaban J connectivity index is 2.52. The molecule has 0 aliphatic carbocycles. The van der Waals surface area contributed by atoms with E-state index in [0.717, 1.165) is 0 Å². The molecule has 3 N–H and O–H groups in total. The van der Waals surface area contributed by atoms with Crippen LogP contribution in [0, 0.1) is 0 Å². The number of carbonyl (C=O) groups excluding carboxylic acids is 1. The maximum atomic E-state index is 11.3. The topological polar surface area (TPSA) is 72.5 Å². The first kappa shape index (κ1) is 13.0. The normalized spacial score (nSPS) is 14.2. The molecule has 0 aromatic heterocycles. The third-order valence-corrected chi connectivity index (χ3v) is 2.49. The molecule has 1 aromatic carbocycles. The Morgan fingerprint density at radius 1 is 1.56 bits per heavy atom. The van der Waals surface area contributed by atoms with Crippen molar-refractivity contribution in [3.8, 4) is 0 Å². The molecule has 0 saturated carbocycles. The molecule has 0 saturated heterocycles. The molecule has 2 atom stereocenters. The lowest BCUT2D eigenvalue weighted by Gasteiger charge is -2.14. The molecule has 0 heterocycles. The lowest BCUT2D eigenvalue weighted by Crippen LogP contribution is -2.41. The number of aliphatic hydroxyl groups excluding tert-OH is 1. The Hall–Kier alpha value is -1.10. The van der Waals surface area contributed by atoms with Crippen molar-refractivity contribution in [2.24, 2.45) is 5.73 Å². The lowest BCUT2D eigenvalue weighted by atomic mass is 10.2. The predicted molar refractivity (Wildman–Crippen MR) is 60.9 cm³/mol. The largest absolute Gasteiger partial charge is 0.460 e. The van der Waals surface area contributed by atoms with Gasteiger partial charge in [0.2, 0.25) is 0 Å². The summed E-state index contributed by atoms with van der Waals surface area (Å²) in [4.78, 5) is 11.3. The monoisotopic (exact) mass is 243 g/mol. The number of hydrogen-bond acceptors (Lipinski definition) is 4. The fourth-order valence-corrected chi connectivity index (χ4v) is 1.25. The van der Waals surface area contributed by atoms with E-state index in [-0.39, 0.29) is 6.61 Å². The van der Waals surface area contributed by atoms with Crippen LogP contribution in [0.25, 0.3) is 0 Å². The van der Waals surface area contributed by atoms with Crippen molar-refractivity contribution in [2.75, 3.05) is 0 Å². The summed E-state index contributed by atoms with van der Waals surface area (Å²) in [5, 5.41) is 9.62. The predicted octanol–water partition coefficient (Wildman–Crippen LogP) is 1.09. The zero-order valence-corrected chi connectivity index (χ0v) is 9.65. The number of halogens is 1. The molecule has 0 spiro atoms. The Bertz CT molecular complexity index is 368. The molecule has 4 nitrogen and oxygen atoms in total. The summed E-state index contributed by atoms with van der Waals surface area (Å²) >= 11 is 5.88. The van der Waals surface area contributed by atoms with Crippen LogP contribution in [-0.4, -0.2) is 23.2 Å². The van der Waals surface area contributed by atoms with Crippen molar-refractivity contribution in [3.63, 3.8) is 0 Å². The number of benzene rings is 1. The van der Waals surface area contributed by atoms with Crippen LogP contribution < -0.4 is 5.73 Å². The van der Waals surface area contributed by atoms with Crippen LogP contribution in [-0.2, 0) is 16.1 Å². The SMILES string of the molecule is C[C@@H](O)[C@H](N)C(=O)OCc1ccccc1Cl. The van der Waals surface area contributed by atoms with E-state index in [2.05, 4.69) is 0 Å². The summed E-state index contributed by atoms with van der Waals surface area (Å²) in [6.45, 7) is 1.49. The molecule has 16 heavy (non-hydrogen) atoms. The zero-order valence-electron chi connectivity index (χ0n) is 8.89. The Morgan fingerprint density at radius 2 is 2.19 bits per heavy atom. The summed E-state index contributed by atoms with van der Waals surface area (Å²) in [5.74, 6) is -0.644. The molecule has 0 fully saturated rings. The number of ether oxygens (including phenoxy) is 1.